The lowest BCUT2D eigenvalue weighted by Gasteiger charge is -2.16. The highest BCUT2D eigenvalue weighted by atomic mass is 16.5. The van der Waals surface area contributed by atoms with Gasteiger partial charge in [-0.1, -0.05) is 29.3 Å². The first-order valence-electron chi connectivity index (χ1n) is 7.14. The molecule has 2 rings (SSSR count). The van der Waals surface area contributed by atoms with Gasteiger partial charge in [0, 0.05) is 0 Å². The first-order chi connectivity index (χ1) is 9.95. The van der Waals surface area contributed by atoms with Crippen LogP contribution in [0.2, 0.25) is 0 Å². The standard InChI is InChI=1S/C16H21NO4/c1-10-5-11(2)7-13(6-10)15(16(19)20)17-14(18)9-21-8-12-3-4-12/h5-7,12,15H,3-4,8-9H2,1-2H3,(H,17,18)(H,19,20). The van der Waals surface area contributed by atoms with Crippen molar-refractivity contribution in [3.63, 3.8) is 0 Å². The predicted octanol–water partition coefficient (Wildman–Crippen LogP) is 1.97. The summed E-state index contributed by atoms with van der Waals surface area (Å²) in [5, 5.41) is 11.8. The van der Waals surface area contributed by atoms with E-state index in [1.54, 1.807) is 12.1 Å². The van der Waals surface area contributed by atoms with Crippen LogP contribution in [0.1, 0.15) is 35.6 Å². The molecule has 2 N–H and O–H groups in total. The molecule has 1 aliphatic carbocycles. The topological polar surface area (TPSA) is 75.6 Å². The van der Waals surface area contributed by atoms with Gasteiger partial charge in [0.15, 0.2) is 6.04 Å². The number of aliphatic carboxylic acids is 1. The number of carbonyl (C=O) groups excluding carboxylic acids is 1. The normalized spacial score (nSPS) is 15.5. The first kappa shape index (κ1) is 15.5. The molecule has 5 heteroatoms. The van der Waals surface area contributed by atoms with Crippen molar-refractivity contribution in [3.8, 4) is 0 Å². The Hall–Kier alpha value is -1.88. The zero-order chi connectivity index (χ0) is 15.4. The van der Waals surface area contributed by atoms with E-state index in [1.807, 2.05) is 19.9 Å². The molecule has 1 atom stereocenters. The van der Waals surface area contributed by atoms with E-state index in [0.29, 0.717) is 18.1 Å². The number of carboxylic acids is 1. The Bertz CT molecular complexity index is 517. The molecule has 5 nitrogen and oxygen atoms in total. The number of carbonyl (C=O) groups is 2. The smallest absolute Gasteiger partial charge is 0.330 e. The molecule has 1 amide bonds. The van der Waals surface area contributed by atoms with Crippen LogP contribution in [-0.2, 0) is 14.3 Å². The fourth-order valence-electron chi connectivity index (χ4n) is 2.27. The van der Waals surface area contributed by atoms with E-state index in [4.69, 9.17) is 4.74 Å². The quantitative estimate of drug-likeness (QED) is 0.805. The molecular formula is C16H21NO4. The fourth-order valence-corrected chi connectivity index (χ4v) is 2.27. The summed E-state index contributed by atoms with van der Waals surface area (Å²) in [4.78, 5) is 23.2. The summed E-state index contributed by atoms with van der Waals surface area (Å²) in [6.07, 6.45) is 2.31. The highest BCUT2D eigenvalue weighted by molar-refractivity contribution is 5.85. The highest BCUT2D eigenvalue weighted by Gasteiger charge is 2.24. The first-order valence-corrected chi connectivity index (χ1v) is 7.14. The maximum atomic E-state index is 11.8. The predicted molar refractivity (Wildman–Crippen MR) is 78.0 cm³/mol. The lowest BCUT2D eigenvalue weighted by molar-refractivity contribution is -0.142. The zero-order valence-corrected chi connectivity index (χ0v) is 12.4. The Morgan fingerprint density at radius 1 is 1.29 bits per heavy atom. The monoisotopic (exact) mass is 291 g/mol. The second-order valence-corrected chi connectivity index (χ2v) is 5.72. The van der Waals surface area contributed by atoms with Gasteiger partial charge in [0.05, 0.1) is 6.61 Å². The number of rotatable bonds is 7. The lowest BCUT2D eigenvalue weighted by atomic mass is 10.0. The maximum absolute atomic E-state index is 11.8. The van der Waals surface area contributed by atoms with Crippen molar-refractivity contribution in [1.29, 1.82) is 0 Å². The van der Waals surface area contributed by atoms with Gasteiger partial charge in [-0.15, -0.1) is 0 Å². The summed E-state index contributed by atoms with van der Waals surface area (Å²) in [5.74, 6) is -0.898. The fraction of sp³-hybridized carbons (Fsp3) is 0.500. The van der Waals surface area contributed by atoms with Gasteiger partial charge < -0.3 is 15.2 Å². The molecule has 0 aromatic heterocycles. The van der Waals surface area contributed by atoms with Crippen LogP contribution in [0.25, 0.3) is 0 Å². The van der Waals surface area contributed by atoms with Crippen LogP contribution in [0, 0.1) is 19.8 Å². The summed E-state index contributed by atoms with van der Waals surface area (Å²) >= 11 is 0. The number of hydrogen-bond donors (Lipinski definition) is 2. The average Bonchev–Trinajstić information content (AvgIpc) is 3.18. The van der Waals surface area contributed by atoms with Gasteiger partial charge in [-0.05, 0) is 38.2 Å². The van der Waals surface area contributed by atoms with Crippen LogP contribution >= 0.6 is 0 Å². The molecule has 0 radical (unpaired) electrons. The molecule has 1 unspecified atom stereocenters. The van der Waals surface area contributed by atoms with Crippen molar-refractivity contribution in [2.45, 2.75) is 32.7 Å². The van der Waals surface area contributed by atoms with Gasteiger partial charge in [0.25, 0.3) is 0 Å². The molecule has 1 saturated carbocycles. The number of ether oxygens (including phenoxy) is 1. The lowest BCUT2D eigenvalue weighted by Crippen LogP contribution is -2.36. The molecule has 0 spiro atoms. The summed E-state index contributed by atoms with van der Waals surface area (Å²) < 4.78 is 5.28. The number of aryl methyl sites for hydroxylation is 2. The highest BCUT2D eigenvalue weighted by Crippen LogP contribution is 2.28. The third kappa shape index (κ3) is 4.86. The number of amides is 1. The Morgan fingerprint density at radius 3 is 2.43 bits per heavy atom. The van der Waals surface area contributed by atoms with Gasteiger partial charge in [-0.3, -0.25) is 4.79 Å². The summed E-state index contributed by atoms with van der Waals surface area (Å²) in [5.41, 5.74) is 2.52. The van der Waals surface area contributed by atoms with E-state index in [-0.39, 0.29) is 6.61 Å². The van der Waals surface area contributed by atoms with Crippen LogP contribution < -0.4 is 5.32 Å². The molecule has 1 fully saturated rings. The minimum Gasteiger partial charge on any atom is -0.479 e. The molecule has 1 aromatic carbocycles. The largest absolute Gasteiger partial charge is 0.479 e. The Kier molecular flexibility index (Phi) is 4.96. The molecule has 0 saturated heterocycles. The van der Waals surface area contributed by atoms with Crippen LogP contribution in [0.5, 0.6) is 0 Å². The van der Waals surface area contributed by atoms with E-state index in [2.05, 4.69) is 5.32 Å². The van der Waals surface area contributed by atoms with Crippen molar-refractivity contribution in [1.82, 2.24) is 5.32 Å². The SMILES string of the molecule is Cc1cc(C)cc(C(NC(=O)COCC2CC2)C(=O)O)c1. The van der Waals surface area contributed by atoms with E-state index in [9.17, 15) is 14.7 Å². The van der Waals surface area contributed by atoms with Gasteiger partial charge in [-0.2, -0.15) is 0 Å². The van der Waals surface area contributed by atoms with Crippen LogP contribution in [0.15, 0.2) is 18.2 Å². The summed E-state index contributed by atoms with van der Waals surface area (Å²) in [6.45, 7) is 4.28. The summed E-state index contributed by atoms with van der Waals surface area (Å²) in [6, 6.07) is 4.47. The number of carboxylic acid groups (broad SMARTS) is 1. The number of hydrogen-bond acceptors (Lipinski definition) is 3. The molecule has 21 heavy (non-hydrogen) atoms. The average molecular weight is 291 g/mol. The van der Waals surface area contributed by atoms with Crippen molar-refractivity contribution < 1.29 is 19.4 Å². The van der Waals surface area contributed by atoms with Crippen molar-refractivity contribution in [2.24, 2.45) is 5.92 Å². The molecule has 0 bridgehead atoms. The molecule has 114 valence electrons. The van der Waals surface area contributed by atoms with Crippen LogP contribution in [0.4, 0.5) is 0 Å². The maximum Gasteiger partial charge on any atom is 0.330 e. The third-order valence-electron chi connectivity index (χ3n) is 3.41. The molecule has 0 aliphatic heterocycles. The van der Waals surface area contributed by atoms with E-state index >= 15 is 0 Å². The zero-order valence-electron chi connectivity index (χ0n) is 12.4. The molecular weight excluding hydrogens is 270 g/mol. The molecule has 1 aromatic rings. The van der Waals surface area contributed by atoms with E-state index < -0.39 is 17.9 Å². The van der Waals surface area contributed by atoms with Gasteiger partial charge >= 0.3 is 5.97 Å². The van der Waals surface area contributed by atoms with Gasteiger partial charge in [0.2, 0.25) is 5.91 Å². The van der Waals surface area contributed by atoms with E-state index in [0.717, 1.165) is 24.0 Å². The van der Waals surface area contributed by atoms with Crippen molar-refractivity contribution in [2.75, 3.05) is 13.2 Å². The second kappa shape index (κ2) is 6.72. The van der Waals surface area contributed by atoms with Gasteiger partial charge in [-0.25, -0.2) is 4.79 Å². The minimum atomic E-state index is -1.07. The molecule has 1 aliphatic rings. The number of nitrogens with one attached hydrogen (secondary N) is 1. The van der Waals surface area contributed by atoms with E-state index in [1.165, 1.54) is 0 Å². The number of benzene rings is 1. The third-order valence-corrected chi connectivity index (χ3v) is 3.41. The van der Waals surface area contributed by atoms with Crippen LogP contribution in [0.3, 0.4) is 0 Å². The Morgan fingerprint density at radius 2 is 1.90 bits per heavy atom. The Balaban J connectivity index is 1.97. The minimum absolute atomic E-state index is 0.0922. The second-order valence-electron chi connectivity index (χ2n) is 5.72. The molecule has 0 heterocycles. The summed E-state index contributed by atoms with van der Waals surface area (Å²) in [7, 11) is 0. The van der Waals surface area contributed by atoms with Gasteiger partial charge in [0.1, 0.15) is 6.61 Å². The van der Waals surface area contributed by atoms with Crippen LogP contribution in [-0.4, -0.2) is 30.2 Å². The van der Waals surface area contributed by atoms with Crippen molar-refractivity contribution >= 4 is 11.9 Å². The Labute approximate surface area is 124 Å². The van der Waals surface area contributed by atoms with Crippen molar-refractivity contribution in [3.05, 3.63) is 34.9 Å².